The lowest BCUT2D eigenvalue weighted by atomic mass is 10.2. The molecule has 2 fully saturated rings. The fourth-order valence-electron chi connectivity index (χ4n) is 4.40. The van der Waals surface area contributed by atoms with Crippen molar-refractivity contribution in [3.05, 3.63) is 60.5 Å². The summed E-state index contributed by atoms with van der Waals surface area (Å²) in [4.78, 5) is 18.1. The first-order valence-electron chi connectivity index (χ1n) is 10.0. The maximum Gasteiger partial charge on any atom is 0.272 e. The summed E-state index contributed by atoms with van der Waals surface area (Å²) in [5.41, 5.74) is 2.14. The topological polar surface area (TPSA) is 54.5 Å². The van der Waals surface area contributed by atoms with Crippen LogP contribution in [0.1, 0.15) is 29.8 Å². The van der Waals surface area contributed by atoms with Crippen molar-refractivity contribution in [3.8, 4) is 17.1 Å². The number of nitrogens with zero attached hydrogens (tertiary/aromatic N) is 4. The maximum atomic E-state index is 13.5. The summed E-state index contributed by atoms with van der Waals surface area (Å²) in [6.45, 7) is 3.85. The van der Waals surface area contributed by atoms with Crippen molar-refractivity contribution in [2.45, 2.75) is 25.3 Å². The molecule has 2 aliphatic heterocycles. The van der Waals surface area contributed by atoms with E-state index >= 15 is 0 Å². The van der Waals surface area contributed by atoms with E-state index < -0.39 is 0 Å². The van der Waals surface area contributed by atoms with Crippen LogP contribution in [0.5, 0.6) is 0 Å². The van der Waals surface area contributed by atoms with Crippen LogP contribution in [0.15, 0.2) is 59.2 Å². The summed E-state index contributed by atoms with van der Waals surface area (Å²) in [7, 11) is 0. The van der Waals surface area contributed by atoms with Crippen LogP contribution in [0, 0.1) is 0 Å². The van der Waals surface area contributed by atoms with E-state index in [2.05, 4.69) is 4.90 Å². The number of carbonyl (C=O) groups excluding carboxylic acids is 1. The van der Waals surface area contributed by atoms with E-state index in [-0.39, 0.29) is 5.91 Å². The van der Waals surface area contributed by atoms with E-state index in [1.54, 1.807) is 10.9 Å². The Morgan fingerprint density at radius 3 is 2.71 bits per heavy atom. The first kappa shape index (κ1) is 17.3. The van der Waals surface area contributed by atoms with E-state index in [1.165, 1.54) is 12.8 Å². The van der Waals surface area contributed by atoms with Gasteiger partial charge >= 0.3 is 0 Å². The number of fused-ring (bicyclic) bond motifs is 1. The Labute approximate surface area is 164 Å². The summed E-state index contributed by atoms with van der Waals surface area (Å²) in [5, 5.41) is 4.69. The number of aromatic nitrogens is 2. The Morgan fingerprint density at radius 2 is 1.89 bits per heavy atom. The van der Waals surface area contributed by atoms with Gasteiger partial charge in [0.1, 0.15) is 11.4 Å². The third-order valence-corrected chi connectivity index (χ3v) is 5.79. The van der Waals surface area contributed by atoms with Gasteiger partial charge in [-0.05, 0) is 50.1 Å². The summed E-state index contributed by atoms with van der Waals surface area (Å²) >= 11 is 0. The maximum absolute atomic E-state index is 13.5. The largest absolute Gasteiger partial charge is 0.463 e. The number of para-hydroxylation sites is 1. The van der Waals surface area contributed by atoms with Crippen molar-refractivity contribution in [2.24, 2.45) is 0 Å². The van der Waals surface area contributed by atoms with Gasteiger partial charge in [0, 0.05) is 31.7 Å². The standard InChI is InChI=1S/C22H24N4O2/c27-22(25-13-6-12-24-11-4-9-18(24)16-25)20-15-19(21-10-5-14-28-21)23-26(20)17-7-2-1-3-8-17/h1-3,5,7-8,10,14-15,18H,4,6,9,11-13,16H2. The molecular formula is C22H24N4O2. The van der Waals surface area contributed by atoms with Gasteiger partial charge in [-0.15, -0.1) is 0 Å². The predicted molar refractivity (Wildman–Crippen MR) is 106 cm³/mol. The minimum atomic E-state index is 0.0444. The molecule has 0 radical (unpaired) electrons. The highest BCUT2D eigenvalue weighted by Gasteiger charge is 2.32. The molecule has 1 unspecified atom stereocenters. The average Bonchev–Trinajstić information content (AvgIpc) is 3.46. The Morgan fingerprint density at radius 1 is 1.04 bits per heavy atom. The Balaban J connectivity index is 1.51. The zero-order valence-electron chi connectivity index (χ0n) is 15.8. The Hall–Kier alpha value is -2.86. The van der Waals surface area contributed by atoms with Gasteiger partial charge < -0.3 is 9.32 Å². The monoisotopic (exact) mass is 376 g/mol. The second-order valence-electron chi connectivity index (χ2n) is 7.58. The van der Waals surface area contributed by atoms with E-state index in [0.717, 1.165) is 38.3 Å². The van der Waals surface area contributed by atoms with Crippen LogP contribution in [0.2, 0.25) is 0 Å². The molecule has 5 rings (SSSR count). The first-order chi connectivity index (χ1) is 13.8. The van der Waals surface area contributed by atoms with Gasteiger partial charge in [0.25, 0.3) is 5.91 Å². The van der Waals surface area contributed by atoms with Crippen LogP contribution >= 0.6 is 0 Å². The summed E-state index contributed by atoms with van der Waals surface area (Å²) < 4.78 is 7.27. The highest BCUT2D eigenvalue weighted by atomic mass is 16.3. The number of rotatable bonds is 3. The minimum Gasteiger partial charge on any atom is -0.463 e. The molecule has 2 aliphatic rings. The average molecular weight is 376 g/mol. The van der Waals surface area contributed by atoms with E-state index in [1.807, 2.05) is 53.4 Å². The molecule has 6 heteroatoms. The van der Waals surface area contributed by atoms with Crippen LogP contribution in [0.3, 0.4) is 0 Å². The van der Waals surface area contributed by atoms with Crippen molar-refractivity contribution in [2.75, 3.05) is 26.2 Å². The number of carbonyl (C=O) groups is 1. The van der Waals surface area contributed by atoms with Crippen LogP contribution in [-0.4, -0.2) is 57.7 Å². The molecule has 0 bridgehead atoms. The van der Waals surface area contributed by atoms with Gasteiger partial charge in [-0.25, -0.2) is 4.68 Å². The van der Waals surface area contributed by atoms with Crippen molar-refractivity contribution in [1.82, 2.24) is 19.6 Å². The molecule has 2 saturated heterocycles. The second-order valence-corrected chi connectivity index (χ2v) is 7.58. The fraction of sp³-hybridized carbons (Fsp3) is 0.364. The molecular weight excluding hydrogens is 352 g/mol. The van der Waals surface area contributed by atoms with Crippen LogP contribution in [-0.2, 0) is 0 Å². The van der Waals surface area contributed by atoms with Crippen molar-refractivity contribution >= 4 is 5.91 Å². The van der Waals surface area contributed by atoms with Crippen LogP contribution in [0.4, 0.5) is 0 Å². The second kappa shape index (κ2) is 7.28. The molecule has 1 aromatic carbocycles. The molecule has 0 N–H and O–H groups in total. The molecule has 144 valence electrons. The van der Waals surface area contributed by atoms with Crippen LogP contribution in [0.25, 0.3) is 17.1 Å². The molecule has 1 amide bonds. The smallest absolute Gasteiger partial charge is 0.272 e. The normalized spacial score (nSPS) is 20.1. The highest BCUT2D eigenvalue weighted by molar-refractivity contribution is 5.94. The van der Waals surface area contributed by atoms with Gasteiger partial charge in [0.15, 0.2) is 5.76 Å². The van der Waals surface area contributed by atoms with Gasteiger partial charge in [-0.3, -0.25) is 9.69 Å². The van der Waals surface area contributed by atoms with E-state index in [0.29, 0.717) is 23.2 Å². The number of furan rings is 1. The first-order valence-corrected chi connectivity index (χ1v) is 10.0. The minimum absolute atomic E-state index is 0.0444. The summed E-state index contributed by atoms with van der Waals surface area (Å²) in [6, 6.07) is 15.9. The zero-order chi connectivity index (χ0) is 18.9. The van der Waals surface area contributed by atoms with Gasteiger partial charge in [-0.2, -0.15) is 5.10 Å². The third-order valence-electron chi connectivity index (χ3n) is 5.79. The zero-order valence-corrected chi connectivity index (χ0v) is 15.8. The third kappa shape index (κ3) is 3.14. The molecule has 2 aromatic heterocycles. The summed E-state index contributed by atoms with van der Waals surface area (Å²) in [6.07, 6.45) is 5.06. The van der Waals surface area contributed by atoms with Crippen molar-refractivity contribution in [3.63, 3.8) is 0 Å². The lowest BCUT2D eigenvalue weighted by Crippen LogP contribution is -2.40. The molecule has 28 heavy (non-hydrogen) atoms. The van der Waals surface area contributed by atoms with Crippen molar-refractivity contribution in [1.29, 1.82) is 0 Å². The highest BCUT2D eigenvalue weighted by Crippen LogP contribution is 2.26. The molecule has 3 aromatic rings. The molecule has 0 spiro atoms. The van der Waals surface area contributed by atoms with Crippen molar-refractivity contribution < 1.29 is 9.21 Å². The van der Waals surface area contributed by atoms with Gasteiger partial charge in [0.2, 0.25) is 0 Å². The SMILES string of the molecule is O=C(c1cc(-c2ccco2)nn1-c1ccccc1)N1CCCN2CCCC2C1. The molecule has 0 aliphatic carbocycles. The number of hydrogen-bond donors (Lipinski definition) is 0. The molecule has 6 nitrogen and oxygen atoms in total. The van der Waals surface area contributed by atoms with Gasteiger partial charge in [0.05, 0.1) is 12.0 Å². The quantitative estimate of drug-likeness (QED) is 0.703. The molecule has 0 saturated carbocycles. The lowest BCUT2D eigenvalue weighted by Gasteiger charge is -2.25. The molecule has 4 heterocycles. The summed E-state index contributed by atoms with van der Waals surface area (Å²) in [5.74, 6) is 0.712. The van der Waals surface area contributed by atoms with E-state index in [4.69, 9.17) is 9.52 Å². The lowest BCUT2D eigenvalue weighted by molar-refractivity contribution is 0.0734. The fourth-order valence-corrected chi connectivity index (χ4v) is 4.40. The van der Waals surface area contributed by atoms with Gasteiger partial charge in [-0.1, -0.05) is 18.2 Å². The Bertz CT molecular complexity index is 948. The number of benzene rings is 1. The molecule has 1 atom stereocenters. The van der Waals surface area contributed by atoms with E-state index in [9.17, 15) is 4.79 Å². The number of hydrogen-bond acceptors (Lipinski definition) is 4. The Kier molecular flexibility index (Phi) is 4.49. The number of amides is 1. The van der Waals surface area contributed by atoms with Crippen LogP contribution < -0.4 is 0 Å². The predicted octanol–water partition coefficient (Wildman–Crippen LogP) is 3.44.